The summed E-state index contributed by atoms with van der Waals surface area (Å²) in [5.74, 6) is 1.77. The Balaban J connectivity index is 1.81. The number of nitrogens with zero attached hydrogens (tertiary/aromatic N) is 2. The summed E-state index contributed by atoms with van der Waals surface area (Å²) >= 11 is 0. The Morgan fingerprint density at radius 1 is 1.35 bits per heavy atom. The Labute approximate surface area is 103 Å². The molecule has 0 saturated heterocycles. The van der Waals surface area contributed by atoms with Gasteiger partial charge in [0.2, 0.25) is 0 Å². The summed E-state index contributed by atoms with van der Waals surface area (Å²) in [6, 6.07) is 0.493. The second-order valence-corrected chi connectivity index (χ2v) is 5.30. The lowest BCUT2D eigenvalue weighted by molar-refractivity contribution is 0.452. The molecule has 1 heterocycles. The van der Waals surface area contributed by atoms with Crippen LogP contribution in [0.4, 0.5) is 0 Å². The maximum atomic E-state index is 4.78. The molecule has 1 saturated carbocycles. The third kappa shape index (κ3) is 2.34. The highest BCUT2D eigenvalue weighted by atomic mass is 15.0. The molecule has 1 aromatic rings. The molecule has 92 valence electrons. The Morgan fingerprint density at radius 3 is 3.00 bits per heavy atom. The number of hydrogen-bond acceptors (Lipinski definition) is 3. The van der Waals surface area contributed by atoms with Crippen LogP contribution in [0, 0.1) is 0 Å². The first-order chi connectivity index (χ1) is 8.38. The minimum absolute atomic E-state index is 0.493. The van der Waals surface area contributed by atoms with Crippen LogP contribution in [0.1, 0.15) is 68.1 Å². The Bertz CT molecular complexity index is 398. The second kappa shape index (κ2) is 4.73. The van der Waals surface area contributed by atoms with Gasteiger partial charge in [-0.1, -0.05) is 6.92 Å². The van der Waals surface area contributed by atoms with Gasteiger partial charge in [0.05, 0.1) is 0 Å². The third-order valence-electron chi connectivity index (χ3n) is 3.78. The van der Waals surface area contributed by atoms with Crippen LogP contribution in [0.2, 0.25) is 0 Å². The molecule has 2 aliphatic carbocycles. The predicted octanol–water partition coefficient (Wildman–Crippen LogP) is 2.73. The van der Waals surface area contributed by atoms with Gasteiger partial charge < -0.3 is 5.32 Å². The van der Waals surface area contributed by atoms with Crippen LogP contribution >= 0.6 is 0 Å². The quantitative estimate of drug-likeness (QED) is 0.865. The molecule has 0 spiro atoms. The van der Waals surface area contributed by atoms with E-state index in [0.29, 0.717) is 12.0 Å². The van der Waals surface area contributed by atoms with Crippen LogP contribution in [-0.2, 0) is 6.42 Å². The smallest absolute Gasteiger partial charge is 0.131 e. The number of aromatic nitrogens is 2. The molecule has 17 heavy (non-hydrogen) atoms. The summed E-state index contributed by atoms with van der Waals surface area (Å²) in [7, 11) is 0. The van der Waals surface area contributed by atoms with Crippen molar-refractivity contribution in [1.29, 1.82) is 0 Å². The molecule has 0 aromatic carbocycles. The van der Waals surface area contributed by atoms with E-state index in [0.717, 1.165) is 18.8 Å². The van der Waals surface area contributed by atoms with E-state index in [9.17, 15) is 0 Å². The van der Waals surface area contributed by atoms with Crippen LogP contribution in [0.25, 0.3) is 0 Å². The van der Waals surface area contributed by atoms with Gasteiger partial charge >= 0.3 is 0 Å². The van der Waals surface area contributed by atoms with Crippen LogP contribution in [0.15, 0.2) is 6.20 Å². The molecule has 1 aromatic heterocycles. The van der Waals surface area contributed by atoms with Crippen molar-refractivity contribution in [2.45, 2.75) is 57.4 Å². The molecule has 2 aliphatic rings. The third-order valence-corrected chi connectivity index (χ3v) is 3.78. The maximum Gasteiger partial charge on any atom is 0.131 e. The first-order valence-corrected chi connectivity index (χ1v) is 6.97. The van der Waals surface area contributed by atoms with E-state index in [4.69, 9.17) is 4.98 Å². The van der Waals surface area contributed by atoms with Crippen molar-refractivity contribution >= 4 is 0 Å². The fraction of sp³-hybridized carbons (Fsp3) is 0.714. The monoisotopic (exact) mass is 231 g/mol. The van der Waals surface area contributed by atoms with E-state index < -0.39 is 0 Å². The summed E-state index contributed by atoms with van der Waals surface area (Å²) in [5.41, 5.74) is 2.66. The Morgan fingerprint density at radius 2 is 2.24 bits per heavy atom. The zero-order valence-electron chi connectivity index (χ0n) is 10.6. The van der Waals surface area contributed by atoms with Crippen LogP contribution in [0.5, 0.6) is 0 Å². The number of hydrogen-bond donors (Lipinski definition) is 1. The minimum Gasteiger partial charge on any atom is -0.310 e. The van der Waals surface area contributed by atoms with Gasteiger partial charge in [0.25, 0.3) is 0 Å². The fourth-order valence-electron chi connectivity index (χ4n) is 2.63. The number of nitrogens with one attached hydrogen (secondary N) is 1. The molecule has 3 heteroatoms. The number of aryl methyl sites for hydroxylation is 1. The normalized spacial score (nSPS) is 23.5. The fourth-order valence-corrected chi connectivity index (χ4v) is 2.63. The standard InChI is InChI=1S/C14H21N3/c1-2-8-15-12-4-3-5-13-11(12)9-16-14(17-13)10-6-7-10/h9-10,12,15H,2-8H2,1H3. The highest BCUT2D eigenvalue weighted by Crippen LogP contribution is 2.39. The number of fused-ring (bicyclic) bond motifs is 1. The molecule has 3 rings (SSSR count). The van der Waals surface area contributed by atoms with Crippen molar-refractivity contribution in [2.24, 2.45) is 0 Å². The van der Waals surface area contributed by atoms with Crippen molar-refractivity contribution in [3.05, 3.63) is 23.3 Å². The molecule has 0 aliphatic heterocycles. The zero-order chi connectivity index (χ0) is 11.7. The van der Waals surface area contributed by atoms with E-state index in [2.05, 4.69) is 23.4 Å². The van der Waals surface area contributed by atoms with Crippen LogP contribution in [-0.4, -0.2) is 16.5 Å². The SMILES string of the molecule is CCCNC1CCCc2nc(C3CC3)ncc21. The van der Waals surface area contributed by atoms with Gasteiger partial charge in [-0.05, 0) is 45.1 Å². The van der Waals surface area contributed by atoms with Gasteiger partial charge in [-0.3, -0.25) is 0 Å². The largest absolute Gasteiger partial charge is 0.310 e. The molecule has 0 radical (unpaired) electrons. The Hall–Kier alpha value is -0.960. The van der Waals surface area contributed by atoms with Crippen LogP contribution in [0.3, 0.4) is 0 Å². The van der Waals surface area contributed by atoms with E-state index in [-0.39, 0.29) is 0 Å². The summed E-state index contributed by atoms with van der Waals surface area (Å²) in [6.07, 6.45) is 9.48. The lowest BCUT2D eigenvalue weighted by atomic mass is 9.92. The first-order valence-electron chi connectivity index (χ1n) is 6.97. The minimum atomic E-state index is 0.493. The predicted molar refractivity (Wildman–Crippen MR) is 68.0 cm³/mol. The van der Waals surface area contributed by atoms with Crippen molar-refractivity contribution in [3.8, 4) is 0 Å². The van der Waals surface area contributed by atoms with Gasteiger partial charge in [0.1, 0.15) is 5.82 Å². The van der Waals surface area contributed by atoms with Crippen molar-refractivity contribution in [2.75, 3.05) is 6.54 Å². The van der Waals surface area contributed by atoms with Crippen molar-refractivity contribution in [3.63, 3.8) is 0 Å². The average Bonchev–Trinajstić information content (AvgIpc) is 3.19. The molecule has 0 amide bonds. The summed E-state index contributed by atoms with van der Waals surface area (Å²) in [4.78, 5) is 9.34. The van der Waals surface area contributed by atoms with Gasteiger partial charge in [-0.15, -0.1) is 0 Å². The van der Waals surface area contributed by atoms with E-state index in [1.807, 2.05) is 0 Å². The van der Waals surface area contributed by atoms with E-state index >= 15 is 0 Å². The average molecular weight is 231 g/mol. The molecule has 1 atom stereocenters. The number of rotatable bonds is 4. The molecule has 1 unspecified atom stereocenters. The van der Waals surface area contributed by atoms with Gasteiger partial charge in [0, 0.05) is 29.4 Å². The Kier molecular flexibility index (Phi) is 3.10. The zero-order valence-corrected chi connectivity index (χ0v) is 10.6. The molecule has 0 bridgehead atoms. The van der Waals surface area contributed by atoms with Gasteiger partial charge in [-0.2, -0.15) is 0 Å². The molecular formula is C14H21N3. The highest BCUT2D eigenvalue weighted by Gasteiger charge is 2.29. The summed E-state index contributed by atoms with van der Waals surface area (Å²) in [6.45, 7) is 3.30. The van der Waals surface area contributed by atoms with E-state index in [1.54, 1.807) is 0 Å². The molecule has 3 nitrogen and oxygen atoms in total. The topological polar surface area (TPSA) is 37.8 Å². The molecule has 1 N–H and O–H groups in total. The summed E-state index contributed by atoms with van der Waals surface area (Å²) in [5, 5.41) is 3.61. The van der Waals surface area contributed by atoms with Crippen LogP contribution < -0.4 is 5.32 Å². The highest BCUT2D eigenvalue weighted by molar-refractivity contribution is 5.26. The molecular weight excluding hydrogens is 210 g/mol. The maximum absolute atomic E-state index is 4.78. The lowest BCUT2D eigenvalue weighted by Crippen LogP contribution is -2.27. The van der Waals surface area contributed by atoms with E-state index in [1.165, 1.54) is 43.4 Å². The molecule has 1 fully saturated rings. The van der Waals surface area contributed by atoms with Crippen molar-refractivity contribution < 1.29 is 0 Å². The van der Waals surface area contributed by atoms with Gasteiger partial charge in [-0.25, -0.2) is 9.97 Å². The lowest BCUT2D eigenvalue weighted by Gasteiger charge is -2.25. The van der Waals surface area contributed by atoms with Gasteiger partial charge in [0.15, 0.2) is 0 Å². The van der Waals surface area contributed by atoms with Crippen molar-refractivity contribution in [1.82, 2.24) is 15.3 Å². The first kappa shape index (κ1) is 11.1. The summed E-state index contributed by atoms with van der Waals surface area (Å²) < 4.78 is 0. The second-order valence-electron chi connectivity index (χ2n) is 5.30.